The van der Waals surface area contributed by atoms with Gasteiger partial charge < -0.3 is 14.6 Å². The molecular weight excluding hydrogens is 344 g/mol. The SMILES string of the molecule is Cc1ccncc1Oc1ccc(NC(=O)Nc2cc(C(C)(C)C)no2)cc1. The molecule has 7 nitrogen and oxygen atoms in total. The summed E-state index contributed by atoms with van der Waals surface area (Å²) in [6, 6.07) is 10.2. The molecule has 0 saturated heterocycles. The van der Waals surface area contributed by atoms with Crippen molar-refractivity contribution in [3.63, 3.8) is 0 Å². The predicted octanol–water partition coefficient (Wildman–Crippen LogP) is 5.11. The van der Waals surface area contributed by atoms with Crippen molar-refractivity contribution < 1.29 is 14.1 Å². The van der Waals surface area contributed by atoms with Gasteiger partial charge in [0.15, 0.2) is 0 Å². The van der Waals surface area contributed by atoms with E-state index in [4.69, 9.17) is 9.26 Å². The van der Waals surface area contributed by atoms with Crippen LogP contribution in [0.5, 0.6) is 11.5 Å². The van der Waals surface area contributed by atoms with Crippen LogP contribution in [0.2, 0.25) is 0 Å². The van der Waals surface area contributed by atoms with E-state index in [9.17, 15) is 4.79 Å². The van der Waals surface area contributed by atoms with Gasteiger partial charge in [-0.2, -0.15) is 0 Å². The van der Waals surface area contributed by atoms with E-state index < -0.39 is 6.03 Å². The maximum Gasteiger partial charge on any atom is 0.326 e. The number of benzene rings is 1. The van der Waals surface area contributed by atoms with Crippen LogP contribution in [0.3, 0.4) is 0 Å². The summed E-state index contributed by atoms with van der Waals surface area (Å²) in [5, 5.41) is 9.33. The first-order chi connectivity index (χ1) is 12.8. The second-order valence-electron chi connectivity index (χ2n) is 7.17. The second-order valence-corrected chi connectivity index (χ2v) is 7.17. The van der Waals surface area contributed by atoms with Gasteiger partial charge in [-0.15, -0.1) is 0 Å². The molecule has 0 radical (unpaired) electrons. The molecule has 7 heteroatoms. The highest BCUT2D eigenvalue weighted by Crippen LogP contribution is 2.26. The largest absolute Gasteiger partial charge is 0.455 e. The van der Waals surface area contributed by atoms with Gasteiger partial charge in [0, 0.05) is 23.4 Å². The third-order valence-electron chi connectivity index (χ3n) is 3.85. The number of amides is 2. The van der Waals surface area contributed by atoms with Gasteiger partial charge >= 0.3 is 6.03 Å². The third kappa shape index (κ3) is 4.84. The molecule has 27 heavy (non-hydrogen) atoms. The van der Waals surface area contributed by atoms with Crippen molar-refractivity contribution >= 4 is 17.6 Å². The van der Waals surface area contributed by atoms with Crippen LogP contribution in [0.15, 0.2) is 53.3 Å². The highest BCUT2D eigenvalue weighted by atomic mass is 16.5. The molecule has 0 bridgehead atoms. The topological polar surface area (TPSA) is 89.3 Å². The van der Waals surface area contributed by atoms with Crippen molar-refractivity contribution in [1.82, 2.24) is 10.1 Å². The molecule has 0 atom stereocenters. The Hall–Kier alpha value is -3.35. The fraction of sp³-hybridized carbons (Fsp3) is 0.250. The molecule has 0 aliphatic heterocycles. The van der Waals surface area contributed by atoms with Crippen molar-refractivity contribution in [2.75, 3.05) is 10.6 Å². The zero-order valence-corrected chi connectivity index (χ0v) is 15.7. The number of aromatic nitrogens is 2. The van der Waals surface area contributed by atoms with Gasteiger partial charge in [-0.25, -0.2) is 4.79 Å². The number of pyridine rings is 1. The quantitative estimate of drug-likeness (QED) is 0.669. The number of carbonyl (C=O) groups is 1. The van der Waals surface area contributed by atoms with E-state index in [0.717, 1.165) is 11.3 Å². The van der Waals surface area contributed by atoms with Gasteiger partial charge in [0.05, 0.1) is 11.9 Å². The lowest BCUT2D eigenvalue weighted by Gasteiger charge is -2.12. The van der Waals surface area contributed by atoms with Crippen LogP contribution in [0.1, 0.15) is 32.0 Å². The van der Waals surface area contributed by atoms with Gasteiger partial charge in [-0.3, -0.25) is 10.3 Å². The number of urea groups is 1. The molecule has 0 spiro atoms. The Kier molecular flexibility index (Phi) is 5.12. The molecule has 0 aliphatic carbocycles. The first-order valence-electron chi connectivity index (χ1n) is 8.55. The Morgan fingerprint density at radius 1 is 1.11 bits per heavy atom. The number of aryl methyl sites for hydroxylation is 1. The summed E-state index contributed by atoms with van der Waals surface area (Å²) in [4.78, 5) is 16.2. The van der Waals surface area contributed by atoms with E-state index >= 15 is 0 Å². The first-order valence-corrected chi connectivity index (χ1v) is 8.55. The third-order valence-corrected chi connectivity index (χ3v) is 3.85. The molecule has 2 N–H and O–H groups in total. The van der Waals surface area contributed by atoms with Gasteiger partial charge in [0.1, 0.15) is 11.5 Å². The van der Waals surface area contributed by atoms with E-state index in [0.29, 0.717) is 23.1 Å². The van der Waals surface area contributed by atoms with Gasteiger partial charge in [0.25, 0.3) is 0 Å². The van der Waals surface area contributed by atoms with E-state index in [1.54, 1.807) is 42.7 Å². The van der Waals surface area contributed by atoms with Crippen molar-refractivity contribution in [2.45, 2.75) is 33.1 Å². The van der Waals surface area contributed by atoms with Gasteiger partial charge in [0.2, 0.25) is 5.88 Å². The summed E-state index contributed by atoms with van der Waals surface area (Å²) in [6.45, 7) is 8.01. The molecule has 1 aromatic carbocycles. The summed E-state index contributed by atoms with van der Waals surface area (Å²) < 4.78 is 10.9. The Morgan fingerprint density at radius 3 is 2.48 bits per heavy atom. The molecule has 0 fully saturated rings. The lowest BCUT2D eigenvalue weighted by Crippen LogP contribution is -2.19. The number of rotatable bonds is 4. The Morgan fingerprint density at radius 2 is 1.85 bits per heavy atom. The molecule has 0 saturated carbocycles. The number of hydrogen-bond acceptors (Lipinski definition) is 5. The van der Waals surface area contributed by atoms with Crippen LogP contribution < -0.4 is 15.4 Å². The molecule has 3 rings (SSSR count). The minimum Gasteiger partial charge on any atom is -0.455 e. The Balaban J connectivity index is 1.58. The fourth-order valence-corrected chi connectivity index (χ4v) is 2.25. The lowest BCUT2D eigenvalue weighted by atomic mass is 9.92. The molecule has 140 valence electrons. The number of ether oxygens (including phenoxy) is 1. The number of nitrogens with one attached hydrogen (secondary N) is 2. The minimum atomic E-state index is -0.414. The molecule has 2 aromatic heterocycles. The van der Waals surface area contributed by atoms with Crippen molar-refractivity contribution in [2.24, 2.45) is 0 Å². The normalized spacial score (nSPS) is 11.1. The monoisotopic (exact) mass is 366 g/mol. The maximum absolute atomic E-state index is 12.1. The minimum absolute atomic E-state index is 0.150. The standard InChI is InChI=1S/C20H22N4O3/c1-13-9-10-21-12-16(13)26-15-7-5-14(6-8-15)22-19(25)23-18-11-17(24-27-18)20(2,3)4/h5-12H,1-4H3,(H2,22,23,25). The number of nitrogens with zero attached hydrogens (tertiary/aromatic N) is 2. The second kappa shape index (κ2) is 7.49. The lowest BCUT2D eigenvalue weighted by molar-refractivity contribution is 0.261. The van der Waals surface area contributed by atoms with E-state index in [2.05, 4.69) is 20.8 Å². The number of carbonyl (C=O) groups excluding carboxylic acids is 1. The van der Waals surface area contributed by atoms with Crippen LogP contribution in [0, 0.1) is 6.92 Å². The molecule has 2 heterocycles. The van der Waals surface area contributed by atoms with Crippen molar-refractivity contribution in [1.29, 1.82) is 0 Å². The zero-order chi connectivity index (χ0) is 19.4. The van der Waals surface area contributed by atoms with Gasteiger partial charge in [-0.1, -0.05) is 25.9 Å². The van der Waals surface area contributed by atoms with Crippen LogP contribution in [0.25, 0.3) is 0 Å². The fourth-order valence-electron chi connectivity index (χ4n) is 2.25. The number of hydrogen-bond donors (Lipinski definition) is 2. The summed E-state index contributed by atoms with van der Waals surface area (Å²) in [5.41, 5.74) is 2.24. The van der Waals surface area contributed by atoms with Crippen molar-refractivity contribution in [3.05, 3.63) is 60.0 Å². The molecular formula is C20H22N4O3. The predicted molar refractivity (Wildman–Crippen MR) is 103 cm³/mol. The van der Waals surface area contributed by atoms with Crippen molar-refractivity contribution in [3.8, 4) is 11.5 Å². The van der Waals surface area contributed by atoms with Crippen LogP contribution in [-0.2, 0) is 5.41 Å². The average Bonchev–Trinajstić information content (AvgIpc) is 3.07. The summed E-state index contributed by atoms with van der Waals surface area (Å²) >= 11 is 0. The van der Waals surface area contributed by atoms with Gasteiger partial charge in [-0.05, 0) is 42.8 Å². The highest BCUT2D eigenvalue weighted by molar-refractivity contribution is 5.98. The summed E-state index contributed by atoms with van der Waals surface area (Å²) in [7, 11) is 0. The zero-order valence-electron chi connectivity index (χ0n) is 15.7. The summed E-state index contributed by atoms with van der Waals surface area (Å²) in [5.74, 6) is 1.64. The van der Waals surface area contributed by atoms with E-state index in [-0.39, 0.29) is 5.41 Å². The highest BCUT2D eigenvalue weighted by Gasteiger charge is 2.19. The van der Waals surface area contributed by atoms with Crippen LogP contribution >= 0.6 is 0 Å². The first kappa shape index (κ1) is 18.4. The molecule has 3 aromatic rings. The van der Waals surface area contributed by atoms with Crippen LogP contribution in [-0.4, -0.2) is 16.2 Å². The molecule has 0 unspecified atom stereocenters. The Labute approximate surface area is 157 Å². The smallest absolute Gasteiger partial charge is 0.326 e. The van der Waals surface area contributed by atoms with E-state index in [1.807, 2.05) is 33.8 Å². The molecule has 2 amide bonds. The average molecular weight is 366 g/mol. The molecule has 0 aliphatic rings. The summed E-state index contributed by atoms with van der Waals surface area (Å²) in [6.07, 6.45) is 3.38. The number of anilines is 2. The maximum atomic E-state index is 12.1. The van der Waals surface area contributed by atoms with E-state index in [1.165, 1.54) is 0 Å². The Bertz CT molecular complexity index is 927. The van der Waals surface area contributed by atoms with Crippen LogP contribution in [0.4, 0.5) is 16.4 Å².